The van der Waals surface area contributed by atoms with Gasteiger partial charge in [0.15, 0.2) is 0 Å². The normalized spacial score (nSPS) is 17.6. The Morgan fingerprint density at radius 3 is 2.25 bits per heavy atom. The predicted octanol–water partition coefficient (Wildman–Crippen LogP) is 2.08. The number of hydrogen-bond acceptors (Lipinski definition) is 4. The van der Waals surface area contributed by atoms with E-state index in [4.69, 9.17) is 10.7 Å². The molecule has 1 aliphatic heterocycles. The smallest absolute Gasteiger partial charge is 0.133 e. The Morgan fingerprint density at radius 1 is 1.15 bits per heavy atom. The molecule has 0 spiro atoms. The number of aryl methyl sites for hydroxylation is 2. The molecule has 1 aliphatic rings. The van der Waals surface area contributed by atoms with Crippen LogP contribution in [0.3, 0.4) is 0 Å². The van der Waals surface area contributed by atoms with Gasteiger partial charge >= 0.3 is 0 Å². The van der Waals surface area contributed by atoms with Crippen LogP contribution in [0.4, 0.5) is 5.82 Å². The molecule has 0 aromatic carbocycles. The lowest BCUT2D eigenvalue weighted by atomic mass is 10.0. The first kappa shape index (κ1) is 15.3. The minimum Gasteiger partial charge on any atom is -0.354 e. The number of aromatic nitrogens is 1. The van der Waals surface area contributed by atoms with Crippen LogP contribution in [0.25, 0.3) is 0 Å². The molecule has 4 heteroatoms. The average molecular weight is 276 g/mol. The third kappa shape index (κ3) is 3.13. The molecule has 0 bridgehead atoms. The van der Waals surface area contributed by atoms with Crippen LogP contribution in [0.5, 0.6) is 0 Å². The first-order chi connectivity index (χ1) is 9.32. The summed E-state index contributed by atoms with van der Waals surface area (Å²) in [6.45, 7) is 15.8. The Morgan fingerprint density at radius 2 is 1.75 bits per heavy atom. The summed E-state index contributed by atoms with van der Waals surface area (Å²) in [5.74, 6) is 1.10. The fourth-order valence-corrected chi connectivity index (χ4v) is 2.95. The van der Waals surface area contributed by atoms with E-state index in [2.05, 4.69) is 50.5 Å². The molecule has 2 N–H and O–H groups in total. The summed E-state index contributed by atoms with van der Waals surface area (Å²) < 4.78 is 0. The molecule has 0 radical (unpaired) electrons. The topological polar surface area (TPSA) is 45.4 Å². The maximum atomic E-state index is 5.93. The average Bonchev–Trinajstić information content (AvgIpc) is 2.37. The van der Waals surface area contributed by atoms with Crippen molar-refractivity contribution in [3.05, 3.63) is 22.9 Å². The van der Waals surface area contributed by atoms with E-state index in [-0.39, 0.29) is 5.54 Å². The van der Waals surface area contributed by atoms with Crippen molar-refractivity contribution in [1.29, 1.82) is 0 Å². The Bertz CT molecular complexity index is 468. The van der Waals surface area contributed by atoms with Gasteiger partial charge in [-0.2, -0.15) is 0 Å². The number of nitrogens with zero attached hydrogens (tertiary/aromatic N) is 3. The number of hydrogen-bond donors (Lipinski definition) is 1. The molecule has 1 fully saturated rings. The summed E-state index contributed by atoms with van der Waals surface area (Å²) in [6.07, 6.45) is 0. The van der Waals surface area contributed by atoms with Gasteiger partial charge in [-0.3, -0.25) is 4.90 Å². The summed E-state index contributed by atoms with van der Waals surface area (Å²) in [5.41, 5.74) is 9.71. The molecule has 1 saturated heterocycles. The zero-order valence-electron chi connectivity index (χ0n) is 13.5. The SMILES string of the molecule is Cc1cc(C)c(CN)c(N2CCN(C(C)(C)C)CC2)n1. The van der Waals surface area contributed by atoms with Crippen molar-refractivity contribution in [2.75, 3.05) is 31.1 Å². The fraction of sp³-hybridized carbons (Fsp3) is 0.688. The number of nitrogens with two attached hydrogens (primary N) is 1. The third-order valence-electron chi connectivity index (χ3n) is 4.19. The van der Waals surface area contributed by atoms with Crippen molar-refractivity contribution < 1.29 is 0 Å². The quantitative estimate of drug-likeness (QED) is 0.898. The van der Waals surface area contributed by atoms with Crippen molar-refractivity contribution >= 4 is 5.82 Å². The van der Waals surface area contributed by atoms with Gasteiger partial charge < -0.3 is 10.6 Å². The van der Waals surface area contributed by atoms with Crippen LogP contribution >= 0.6 is 0 Å². The van der Waals surface area contributed by atoms with Crippen LogP contribution in [0.15, 0.2) is 6.07 Å². The lowest BCUT2D eigenvalue weighted by Gasteiger charge is -2.43. The second kappa shape index (κ2) is 5.70. The molecule has 2 heterocycles. The van der Waals surface area contributed by atoms with E-state index in [0.29, 0.717) is 6.54 Å². The van der Waals surface area contributed by atoms with Crippen LogP contribution < -0.4 is 10.6 Å². The lowest BCUT2D eigenvalue weighted by Crippen LogP contribution is -2.53. The van der Waals surface area contributed by atoms with Crippen molar-refractivity contribution in [2.45, 2.75) is 46.7 Å². The number of pyridine rings is 1. The molecule has 0 aliphatic carbocycles. The zero-order chi connectivity index (χ0) is 14.9. The molecule has 0 atom stereocenters. The van der Waals surface area contributed by atoms with E-state index >= 15 is 0 Å². The van der Waals surface area contributed by atoms with Crippen LogP contribution in [0.2, 0.25) is 0 Å². The van der Waals surface area contributed by atoms with Gasteiger partial charge in [0.25, 0.3) is 0 Å². The molecule has 112 valence electrons. The van der Waals surface area contributed by atoms with E-state index < -0.39 is 0 Å². The summed E-state index contributed by atoms with van der Waals surface area (Å²) >= 11 is 0. The first-order valence-electron chi connectivity index (χ1n) is 7.50. The summed E-state index contributed by atoms with van der Waals surface area (Å²) in [6, 6.07) is 2.12. The molecular formula is C16H28N4. The molecule has 0 amide bonds. The summed E-state index contributed by atoms with van der Waals surface area (Å²) in [5, 5.41) is 0. The van der Waals surface area contributed by atoms with Crippen LogP contribution in [-0.4, -0.2) is 41.6 Å². The van der Waals surface area contributed by atoms with Gasteiger partial charge in [0.2, 0.25) is 0 Å². The second-order valence-electron chi connectivity index (χ2n) is 6.73. The van der Waals surface area contributed by atoms with Crippen molar-refractivity contribution in [3.8, 4) is 0 Å². The first-order valence-corrected chi connectivity index (χ1v) is 7.50. The van der Waals surface area contributed by atoms with E-state index in [0.717, 1.165) is 37.7 Å². The van der Waals surface area contributed by atoms with Crippen LogP contribution in [0.1, 0.15) is 37.6 Å². The van der Waals surface area contributed by atoms with E-state index in [1.54, 1.807) is 0 Å². The van der Waals surface area contributed by atoms with Crippen molar-refractivity contribution in [3.63, 3.8) is 0 Å². The predicted molar refractivity (Wildman–Crippen MR) is 85.1 cm³/mol. The molecule has 0 saturated carbocycles. The maximum Gasteiger partial charge on any atom is 0.133 e. The highest BCUT2D eigenvalue weighted by Crippen LogP contribution is 2.25. The summed E-state index contributed by atoms with van der Waals surface area (Å²) in [4.78, 5) is 9.67. The number of piperazine rings is 1. The Hall–Kier alpha value is -1.13. The maximum absolute atomic E-state index is 5.93. The second-order valence-corrected chi connectivity index (χ2v) is 6.73. The van der Waals surface area contributed by atoms with E-state index in [9.17, 15) is 0 Å². The zero-order valence-corrected chi connectivity index (χ0v) is 13.5. The molecule has 1 aromatic heterocycles. The number of anilines is 1. The molecule has 2 rings (SSSR count). The highest BCUT2D eigenvalue weighted by atomic mass is 15.3. The highest BCUT2D eigenvalue weighted by molar-refractivity contribution is 5.52. The molecule has 4 nitrogen and oxygen atoms in total. The lowest BCUT2D eigenvalue weighted by molar-refractivity contribution is 0.128. The van der Waals surface area contributed by atoms with Gasteiger partial charge in [-0.25, -0.2) is 4.98 Å². The van der Waals surface area contributed by atoms with Gasteiger partial charge in [0, 0.05) is 49.5 Å². The van der Waals surface area contributed by atoms with Gasteiger partial charge in [-0.1, -0.05) is 0 Å². The van der Waals surface area contributed by atoms with Crippen molar-refractivity contribution in [2.24, 2.45) is 5.73 Å². The van der Waals surface area contributed by atoms with Gasteiger partial charge in [0.1, 0.15) is 5.82 Å². The van der Waals surface area contributed by atoms with E-state index in [1.165, 1.54) is 11.1 Å². The fourth-order valence-electron chi connectivity index (χ4n) is 2.95. The molecule has 20 heavy (non-hydrogen) atoms. The van der Waals surface area contributed by atoms with Crippen LogP contribution in [0, 0.1) is 13.8 Å². The third-order valence-corrected chi connectivity index (χ3v) is 4.19. The van der Waals surface area contributed by atoms with Crippen LogP contribution in [-0.2, 0) is 6.54 Å². The highest BCUT2D eigenvalue weighted by Gasteiger charge is 2.27. The van der Waals surface area contributed by atoms with Gasteiger partial charge in [-0.05, 0) is 46.2 Å². The molecular weight excluding hydrogens is 248 g/mol. The Labute approximate surface area is 123 Å². The largest absolute Gasteiger partial charge is 0.354 e. The molecule has 0 unspecified atom stereocenters. The Balaban J connectivity index is 2.19. The minimum atomic E-state index is 0.249. The Kier molecular flexibility index (Phi) is 4.35. The monoisotopic (exact) mass is 276 g/mol. The van der Waals surface area contributed by atoms with Gasteiger partial charge in [0.05, 0.1) is 0 Å². The van der Waals surface area contributed by atoms with E-state index in [1.807, 2.05) is 0 Å². The standard InChI is InChI=1S/C16H28N4/c1-12-10-13(2)18-15(14(12)11-17)19-6-8-20(9-7-19)16(3,4)5/h10H,6-9,11,17H2,1-5H3. The number of rotatable bonds is 2. The minimum absolute atomic E-state index is 0.249. The summed E-state index contributed by atoms with van der Waals surface area (Å²) in [7, 11) is 0. The molecule has 1 aromatic rings. The van der Waals surface area contributed by atoms with Gasteiger partial charge in [-0.15, -0.1) is 0 Å². The van der Waals surface area contributed by atoms with Crippen molar-refractivity contribution in [1.82, 2.24) is 9.88 Å².